The second kappa shape index (κ2) is 7.28. The molecule has 1 N–H and O–H groups in total. The Balaban J connectivity index is 0.00000182. The molecule has 1 unspecified atom stereocenters. The first-order chi connectivity index (χ1) is 11.6. The van der Waals surface area contributed by atoms with E-state index in [-0.39, 0.29) is 29.7 Å². The number of ketones is 1. The second-order valence-corrected chi connectivity index (χ2v) is 6.84. The van der Waals surface area contributed by atoms with E-state index in [0.29, 0.717) is 0 Å². The lowest BCUT2D eigenvalue weighted by Gasteiger charge is -2.32. The van der Waals surface area contributed by atoms with E-state index in [4.69, 9.17) is 4.74 Å². The number of nitrogens with zero attached hydrogens (tertiary/aromatic N) is 1. The third kappa shape index (κ3) is 3.36. The van der Waals surface area contributed by atoms with Crippen molar-refractivity contribution in [3.8, 4) is 0 Å². The van der Waals surface area contributed by atoms with E-state index in [9.17, 15) is 9.59 Å². The molecular formula is C19H23ClN2O3. The Bertz CT molecular complexity index is 856. The number of aromatic nitrogens is 1. The molecule has 4 rings (SSSR count). The summed E-state index contributed by atoms with van der Waals surface area (Å²) < 4.78 is 5.40. The zero-order chi connectivity index (χ0) is 16.7. The van der Waals surface area contributed by atoms with Gasteiger partial charge in [0.05, 0.1) is 13.2 Å². The Kier molecular flexibility index (Phi) is 5.27. The van der Waals surface area contributed by atoms with Crippen molar-refractivity contribution in [1.29, 1.82) is 0 Å². The number of H-pyrrole nitrogens is 1. The van der Waals surface area contributed by atoms with Crippen molar-refractivity contribution in [2.45, 2.75) is 19.8 Å². The Morgan fingerprint density at radius 2 is 2.00 bits per heavy atom. The van der Waals surface area contributed by atoms with E-state index in [1.165, 1.54) is 6.07 Å². The Morgan fingerprint density at radius 1 is 1.24 bits per heavy atom. The number of halogens is 1. The number of aryl methyl sites for hydroxylation is 1. The number of carbonyl (C=O) groups is 1. The lowest BCUT2D eigenvalue weighted by molar-refractivity contribution is 0.0292. The third-order valence-corrected chi connectivity index (χ3v) is 5.30. The Morgan fingerprint density at radius 3 is 2.76 bits per heavy atom. The number of carbonyl (C=O) groups excluding carboxylic acids is 1. The Hall–Kier alpha value is -1.69. The summed E-state index contributed by atoms with van der Waals surface area (Å²) in [5, 5.41) is 0.881. The number of hydrogen-bond donors (Lipinski definition) is 1. The van der Waals surface area contributed by atoms with Gasteiger partial charge in [-0.15, -0.1) is 12.4 Å². The van der Waals surface area contributed by atoms with E-state index < -0.39 is 0 Å². The molecule has 2 heterocycles. The van der Waals surface area contributed by atoms with Crippen LogP contribution >= 0.6 is 12.4 Å². The van der Waals surface area contributed by atoms with Gasteiger partial charge in [0.1, 0.15) is 0 Å². The summed E-state index contributed by atoms with van der Waals surface area (Å²) in [4.78, 5) is 30.0. The van der Waals surface area contributed by atoms with Gasteiger partial charge in [-0.25, -0.2) is 0 Å². The second-order valence-electron chi connectivity index (χ2n) is 6.84. The van der Waals surface area contributed by atoms with Crippen LogP contribution in [0, 0.1) is 12.8 Å². The van der Waals surface area contributed by atoms with Crippen LogP contribution in [-0.4, -0.2) is 48.5 Å². The highest BCUT2D eigenvalue weighted by molar-refractivity contribution is 6.11. The summed E-state index contributed by atoms with van der Waals surface area (Å²) in [6.45, 7) is 6.14. The molecule has 1 aliphatic carbocycles. The number of fused-ring (bicyclic) bond motifs is 3. The number of nitrogens with one attached hydrogen (secondary N) is 1. The summed E-state index contributed by atoms with van der Waals surface area (Å²) in [5.41, 5.74) is 3.70. The number of rotatable bonds is 2. The highest BCUT2D eigenvalue weighted by atomic mass is 35.5. The van der Waals surface area contributed by atoms with E-state index in [2.05, 4.69) is 9.88 Å². The fraction of sp³-hybridized carbons (Fsp3) is 0.474. The number of hydrogen-bond acceptors (Lipinski definition) is 4. The predicted octanol–water partition coefficient (Wildman–Crippen LogP) is 2.34. The summed E-state index contributed by atoms with van der Waals surface area (Å²) >= 11 is 0. The zero-order valence-electron chi connectivity index (χ0n) is 14.3. The van der Waals surface area contributed by atoms with E-state index in [1.54, 1.807) is 6.07 Å². The van der Waals surface area contributed by atoms with Crippen molar-refractivity contribution in [2.75, 3.05) is 32.8 Å². The lowest BCUT2D eigenvalue weighted by atomic mass is 9.79. The van der Waals surface area contributed by atoms with Crippen LogP contribution in [0.3, 0.4) is 0 Å². The third-order valence-electron chi connectivity index (χ3n) is 5.30. The summed E-state index contributed by atoms with van der Waals surface area (Å²) in [6, 6.07) is 5.30. The van der Waals surface area contributed by atoms with Gasteiger partial charge >= 0.3 is 0 Å². The molecule has 25 heavy (non-hydrogen) atoms. The standard InChI is InChI=1S/C19H22N2O3.ClH/c1-12-10-16-15(4-5-17(22)20-16)18-14(12)3-2-13(19(18)23)11-21-6-8-24-9-7-21;/h4-5,10,13H,2-3,6-9,11H2,1H3,(H,20,22);1H. The molecule has 1 fully saturated rings. The molecule has 1 aromatic heterocycles. The van der Waals surface area contributed by atoms with Gasteiger partial charge < -0.3 is 9.72 Å². The topological polar surface area (TPSA) is 62.4 Å². The average molecular weight is 363 g/mol. The van der Waals surface area contributed by atoms with Crippen molar-refractivity contribution in [3.63, 3.8) is 0 Å². The maximum atomic E-state index is 13.2. The van der Waals surface area contributed by atoms with Crippen LogP contribution in [0.5, 0.6) is 0 Å². The van der Waals surface area contributed by atoms with Gasteiger partial charge in [-0.1, -0.05) is 0 Å². The largest absolute Gasteiger partial charge is 0.379 e. The first kappa shape index (κ1) is 18.1. The molecular weight excluding hydrogens is 340 g/mol. The summed E-state index contributed by atoms with van der Waals surface area (Å²) in [5.74, 6) is 0.260. The zero-order valence-corrected chi connectivity index (χ0v) is 15.2. The van der Waals surface area contributed by atoms with Crippen LogP contribution in [0.4, 0.5) is 0 Å². The number of aromatic amines is 1. The Labute approximate surface area is 152 Å². The molecule has 1 aromatic carbocycles. The molecule has 5 nitrogen and oxygen atoms in total. The fourth-order valence-electron chi connectivity index (χ4n) is 4.01. The van der Waals surface area contributed by atoms with Crippen LogP contribution < -0.4 is 5.56 Å². The lowest BCUT2D eigenvalue weighted by Crippen LogP contribution is -2.42. The monoisotopic (exact) mass is 362 g/mol. The molecule has 6 heteroatoms. The SMILES string of the molecule is Cc1cc2[nH]c(=O)ccc2c2c1CCC(CN1CCOCC1)C2=O.Cl. The quantitative estimate of drug-likeness (QED) is 0.890. The number of morpholine rings is 1. The summed E-state index contributed by atoms with van der Waals surface area (Å²) in [7, 11) is 0. The van der Waals surface area contributed by atoms with Crippen LogP contribution in [0.15, 0.2) is 23.0 Å². The van der Waals surface area contributed by atoms with Crippen molar-refractivity contribution in [2.24, 2.45) is 5.92 Å². The molecule has 2 aromatic rings. The smallest absolute Gasteiger partial charge is 0.248 e. The van der Waals surface area contributed by atoms with Gasteiger partial charge in [-0.05, 0) is 43.0 Å². The van der Waals surface area contributed by atoms with Gasteiger partial charge in [0.2, 0.25) is 5.56 Å². The minimum atomic E-state index is -0.130. The van der Waals surface area contributed by atoms with Crippen LogP contribution in [0.1, 0.15) is 27.9 Å². The average Bonchev–Trinajstić information content (AvgIpc) is 2.58. The van der Waals surface area contributed by atoms with Crippen molar-refractivity contribution in [1.82, 2.24) is 9.88 Å². The van der Waals surface area contributed by atoms with Gasteiger partial charge in [-0.3, -0.25) is 14.5 Å². The molecule has 0 radical (unpaired) electrons. The van der Waals surface area contributed by atoms with Gasteiger partial charge in [-0.2, -0.15) is 0 Å². The van der Waals surface area contributed by atoms with Crippen LogP contribution in [-0.2, 0) is 11.2 Å². The van der Waals surface area contributed by atoms with Crippen molar-refractivity contribution < 1.29 is 9.53 Å². The van der Waals surface area contributed by atoms with Gasteiger partial charge in [0.25, 0.3) is 0 Å². The molecule has 1 saturated heterocycles. The molecule has 0 spiro atoms. The highest BCUT2D eigenvalue weighted by Crippen LogP contribution is 2.33. The predicted molar refractivity (Wildman–Crippen MR) is 100.0 cm³/mol. The molecule has 1 atom stereocenters. The number of ether oxygens (including phenoxy) is 1. The molecule has 2 aliphatic rings. The normalized spacial score (nSPS) is 21.0. The van der Waals surface area contributed by atoms with E-state index in [0.717, 1.165) is 73.3 Å². The maximum absolute atomic E-state index is 13.2. The molecule has 134 valence electrons. The maximum Gasteiger partial charge on any atom is 0.248 e. The molecule has 1 aliphatic heterocycles. The first-order valence-electron chi connectivity index (χ1n) is 8.63. The van der Waals surface area contributed by atoms with Crippen LogP contribution in [0.25, 0.3) is 10.9 Å². The number of Topliss-reactive ketones (excluding diaryl/α,β-unsaturated/α-hetero) is 1. The number of benzene rings is 1. The highest BCUT2D eigenvalue weighted by Gasteiger charge is 2.31. The van der Waals surface area contributed by atoms with Gasteiger partial charge in [0, 0.05) is 48.1 Å². The molecule has 0 amide bonds. The summed E-state index contributed by atoms with van der Waals surface area (Å²) in [6.07, 6.45) is 1.83. The van der Waals surface area contributed by atoms with Crippen molar-refractivity contribution in [3.05, 3.63) is 45.2 Å². The van der Waals surface area contributed by atoms with Gasteiger partial charge in [0.15, 0.2) is 5.78 Å². The van der Waals surface area contributed by atoms with Crippen molar-refractivity contribution >= 4 is 29.1 Å². The number of pyridine rings is 1. The molecule has 0 bridgehead atoms. The van der Waals surface area contributed by atoms with E-state index >= 15 is 0 Å². The minimum Gasteiger partial charge on any atom is -0.379 e. The van der Waals surface area contributed by atoms with Crippen LogP contribution in [0.2, 0.25) is 0 Å². The van der Waals surface area contributed by atoms with E-state index in [1.807, 2.05) is 13.0 Å². The first-order valence-corrected chi connectivity index (χ1v) is 8.63. The molecule has 0 saturated carbocycles. The fourth-order valence-corrected chi connectivity index (χ4v) is 4.01. The minimum absolute atomic E-state index is 0.